The van der Waals surface area contributed by atoms with Gasteiger partial charge >= 0.3 is 0 Å². The molecule has 2 nitrogen and oxygen atoms in total. The molecule has 0 bridgehead atoms. The van der Waals surface area contributed by atoms with E-state index in [4.69, 9.17) is 0 Å². The molecule has 2 rings (SSSR count). The molecule has 0 amide bonds. The Morgan fingerprint density at radius 3 is 2.93 bits per heavy atom. The van der Waals surface area contributed by atoms with E-state index in [1.54, 1.807) is 19.2 Å². The van der Waals surface area contributed by atoms with Crippen molar-refractivity contribution in [3.63, 3.8) is 0 Å². The summed E-state index contributed by atoms with van der Waals surface area (Å²) in [6.07, 6.45) is 1.62. The molecule has 1 aromatic carbocycles. The van der Waals surface area contributed by atoms with Gasteiger partial charge in [-0.3, -0.25) is 4.79 Å². The number of fused-ring (bicyclic) bond motifs is 1. The normalized spacial score (nSPS) is 13.0. The van der Waals surface area contributed by atoms with Crippen molar-refractivity contribution in [2.75, 3.05) is 0 Å². The van der Waals surface area contributed by atoms with Gasteiger partial charge in [0, 0.05) is 22.7 Å². The standard InChI is InChI=1S/C11H9BrFNO/c1-6(12)11(15)9-5-14-10-3-2-7(13)4-8(9)10/h2-6,14H,1H3. The minimum atomic E-state index is -0.335. The lowest BCUT2D eigenvalue weighted by atomic mass is 10.1. The van der Waals surface area contributed by atoms with Crippen molar-refractivity contribution in [3.8, 4) is 0 Å². The van der Waals surface area contributed by atoms with E-state index in [1.165, 1.54) is 12.1 Å². The predicted molar refractivity (Wildman–Crippen MR) is 61.0 cm³/mol. The van der Waals surface area contributed by atoms with Crippen LogP contribution in [0.2, 0.25) is 0 Å². The maximum atomic E-state index is 13.0. The van der Waals surface area contributed by atoms with E-state index < -0.39 is 0 Å². The molecule has 0 aliphatic heterocycles. The molecule has 0 aliphatic rings. The fourth-order valence-electron chi connectivity index (χ4n) is 1.51. The van der Waals surface area contributed by atoms with Crippen molar-refractivity contribution in [1.29, 1.82) is 0 Å². The maximum absolute atomic E-state index is 13.0. The van der Waals surface area contributed by atoms with Crippen LogP contribution >= 0.6 is 15.9 Å². The number of carbonyl (C=O) groups excluding carboxylic acids is 1. The van der Waals surface area contributed by atoms with Crippen molar-refractivity contribution in [2.45, 2.75) is 11.8 Å². The molecular formula is C11H9BrFNO. The molecule has 2 aromatic rings. The average Bonchev–Trinajstić information content (AvgIpc) is 2.59. The number of halogens is 2. The van der Waals surface area contributed by atoms with Crippen LogP contribution in [0.1, 0.15) is 17.3 Å². The lowest BCUT2D eigenvalue weighted by molar-refractivity contribution is 0.0997. The van der Waals surface area contributed by atoms with Gasteiger partial charge in [0.2, 0.25) is 0 Å². The summed E-state index contributed by atoms with van der Waals surface area (Å²) < 4.78 is 13.0. The first kappa shape index (κ1) is 10.4. The molecule has 15 heavy (non-hydrogen) atoms. The number of hydrogen-bond donors (Lipinski definition) is 1. The number of aromatic nitrogens is 1. The van der Waals surface area contributed by atoms with Crippen LogP contribution in [-0.4, -0.2) is 15.6 Å². The zero-order chi connectivity index (χ0) is 11.0. The Bertz CT molecular complexity index is 518. The Balaban J connectivity index is 2.62. The van der Waals surface area contributed by atoms with Crippen LogP contribution in [0.3, 0.4) is 0 Å². The van der Waals surface area contributed by atoms with E-state index in [2.05, 4.69) is 20.9 Å². The number of ketones is 1. The van der Waals surface area contributed by atoms with Crippen LogP contribution in [0.25, 0.3) is 10.9 Å². The molecule has 1 unspecified atom stereocenters. The third kappa shape index (κ3) is 1.81. The summed E-state index contributed by atoms with van der Waals surface area (Å²) in [5.74, 6) is -0.384. The molecule has 4 heteroatoms. The van der Waals surface area contributed by atoms with Crippen LogP contribution in [0.15, 0.2) is 24.4 Å². The Hall–Kier alpha value is -1.16. The summed E-state index contributed by atoms with van der Waals surface area (Å²) in [6.45, 7) is 1.75. The van der Waals surface area contributed by atoms with E-state index in [9.17, 15) is 9.18 Å². The van der Waals surface area contributed by atoms with Gasteiger partial charge in [-0.15, -0.1) is 0 Å². The fourth-order valence-corrected chi connectivity index (χ4v) is 1.76. The topological polar surface area (TPSA) is 32.9 Å². The molecule has 0 aliphatic carbocycles. The Morgan fingerprint density at radius 2 is 2.27 bits per heavy atom. The highest BCUT2D eigenvalue weighted by atomic mass is 79.9. The number of nitrogens with one attached hydrogen (secondary N) is 1. The molecule has 0 radical (unpaired) electrons. The molecule has 1 N–H and O–H groups in total. The highest BCUT2D eigenvalue weighted by Crippen LogP contribution is 2.22. The first-order chi connectivity index (χ1) is 7.09. The van der Waals surface area contributed by atoms with E-state index in [1.807, 2.05) is 0 Å². The second-order valence-corrected chi connectivity index (χ2v) is 4.75. The smallest absolute Gasteiger partial charge is 0.178 e. The lowest BCUT2D eigenvalue weighted by Crippen LogP contribution is -2.09. The van der Waals surface area contributed by atoms with Crippen LogP contribution < -0.4 is 0 Å². The largest absolute Gasteiger partial charge is 0.360 e. The van der Waals surface area contributed by atoms with Crippen LogP contribution in [0.5, 0.6) is 0 Å². The van der Waals surface area contributed by atoms with Crippen molar-refractivity contribution in [3.05, 3.63) is 35.8 Å². The molecule has 1 heterocycles. The first-order valence-corrected chi connectivity index (χ1v) is 5.46. The van der Waals surface area contributed by atoms with Gasteiger partial charge < -0.3 is 4.98 Å². The number of carbonyl (C=O) groups is 1. The molecule has 0 saturated heterocycles. The van der Waals surface area contributed by atoms with Gasteiger partial charge in [0.25, 0.3) is 0 Å². The van der Waals surface area contributed by atoms with Gasteiger partial charge in [-0.2, -0.15) is 0 Å². The van der Waals surface area contributed by atoms with Crippen LogP contribution in [-0.2, 0) is 0 Å². The summed E-state index contributed by atoms with van der Waals surface area (Å²) in [7, 11) is 0. The molecule has 0 spiro atoms. The fraction of sp³-hybridized carbons (Fsp3) is 0.182. The highest BCUT2D eigenvalue weighted by molar-refractivity contribution is 9.10. The van der Waals surface area contributed by atoms with E-state index >= 15 is 0 Å². The average molecular weight is 270 g/mol. The van der Waals surface area contributed by atoms with Gasteiger partial charge in [-0.1, -0.05) is 15.9 Å². The van der Waals surface area contributed by atoms with Gasteiger partial charge in [0.1, 0.15) is 5.82 Å². The minimum absolute atomic E-state index is 0.0492. The third-order valence-corrected chi connectivity index (χ3v) is 2.69. The summed E-state index contributed by atoms with van der Waals surface area (Å²) in [6, 6.07) is 4.36. The number of alkyl halides is 1. The number of hydrogen-bond acceptors (Lipinski definition) is 1. The van der Waals surface area contributed by atoms with Gasteiger partial charge in [-0.25, -0.2) is 4.39 Å². The number of Topliss-reactive ketones (excluding diaryl/α,β-unsaturated/α-hetero) is 1. The van der Waals surface area contributed by atoms with Crippen LogP contribution in [0, 0.1) is 5.82 Å². The zero-order valence-corrected chi connectivity index (χ0v) is 9.64. The van der Waals surface area contributed by atoms with E-state index in [-0.39, 0.29) is 16.4 Å². The Kier molecular flexibility index (Phi) is 2.61. The second-order valence-electron chi connectivity index (χ2n) is 3.37. The zero-order valence-electron chi connectivity index (χ0n) is 8.05. The monoisotopic (exact) mass is 269 g/mol. The van der Waals surface area contributed by atoms with E-state index in [0.29, 0.717) is 10.9 Å². The lowest BCUT2D eigenvalue weighted by Gasteiger charge is -2.00. The van der Waals surface area contributed by atoms with Crippen molar-refractivity contribution < 1.29 is 9.18 Å². The van der Waals surface area contributed by atoms with Gasteiger partial charge in [0.15, 0.2) is 5.78 Å². The van der Waals surface area contributed by atoms with E-state index in [0.717, 1.165) is 5.52 Å². The highest BCUT2D eigenvalue weighted by Gasteiger charge is 2.16. The second kappa shape index (κ2) is 3.77. The minimum Gasteiger partial charge on any atom is -0.360 e. The van der Waals surface area contributed by atoms with Crippen LogP contribution in [0.4, 0.5) is 4.39 Å². The Morgan fingerprint density at radius 1 is 1.53 bits per heavy atom. The van der Waals surface area contributed by atoms with Crippen molar-refractivity contribution >= 4 is 32.6 Å². The molecule has 78 valence electrons. The van der Waals surface area contributed by atoms with Crippen molar-refractivity contribution in [1.82, 2.24) is 4.98 Å². The number of rotatable bonds is 2. The first-order valence-electron chi connectivity index (χ1n) is 4.54. The summed E-state index contributed by atoms with van der Waals surface area (Å²) in [5, 5.41) is 0.631. The summed E-state index contributed by atoms with van der Waals surface area (Å²) in [4.78, 5) is 14.4. The summed E-state index contributed by atoms with van der Waals surface area (Å²) >= 11 is 3.21. The molecular weight excluding hydrogens is 261 g/mol. The Labute approximate surface area is 94.6 Å². The quantitative estimate of drug-likeness (QED) is 0.659. The number of benzene rings is 1. The van der Waals surface area contributed by atoms with Gasteiger partial charge in [0.05, 0.1) is 4.83 Å². The molecule has 1 aromatic heterocycles. The molecule has 0 saturated carbocycles. The number of aromatic amines is 1. The SMILES string of the molecule is CC(Br)C(=O)c1c[nH]c2ccc(F)cc12. The molecule has 1 atom stereocenters. The third-order valence-electron chi connectivity index (χ3n) is 2.27. The van der Waals surface area contributed by atoms with Crippen molar-refractivity contribution in [2.24, 2.45) is 0 Å². The predicted octanol–water partition coefficient (Wildman–Crippen LogP) is 3.27. The maximum Gasteiger partial charge on any atom is 0.178 e. The molecule has 0 fully saturated rings. The number of H-pyrrole nitrogens is 1. The summed E-state index contributed by atoms with van der Waals surface area (Å²) in [5.41, 5.74) is 1.29. The van der Waals surface area contributed by atoms with Gasteiger partial charge in [-0.05, 0) is 25.1 Å².